The van der Waals surface area contributed by atoms with Crippen molar-refractivity contribution >= 4 is 0 Å². The summed E-state index contributed by atoms with van der Waals surface area (Å²) in [6.45, 7) is 4.14. The summed E-state index contributed by atoms with van der Waals surface area (Å²) >= 11 is 0. The van der Waals surface area contributed by atoms with Gasteiger partial charge in [-0.25, -0.2) is 9.37 Å². The molecule has 0 amide bonds. The van der Waals surface area contributed by atoms with Crippen LogP contribution >= 0.6 is 0 Å². The Bertz CT molecular complexity index is 1270. The normalized spacial score (nSPS) is 11.1. The average Bonchev–Trinajstić information content (AvgIpc) is 3.18. The topological polar surface area (TPSA) is 60.0 Å². The second kappa shape index (κ2) is 8.70. The lowest BCUT2D eigenvalue weighted by molar-refractivity contribution is 0.280. The van der Waals surface area contributed by atoms with Gasteiger partial charge >= 0.3 is 0 Å². The van der Waals surface area contributed by atoms with Crippen LogP contribution in [0.2, 0.25) is 0 Å². The maximum atomic E-state index is 13.2. The van der Waals surface area contributed by atoms with Gasteiger partial charge in [0, 0.05) is 30.1 Å². The van der Waals surface area contributed by atoms with Crippen LogP contribution in [0.1, 0.15) is 33.5 Å². The summed E-state index contributed by atoms with van der Waals surface area (Å²) in [5.41, 5.74) is 6.07. The van der Waals surface area contributed by atoms with Crippen molar-refractivity contribution in [3.8, 4) is 5.69 Å². The molecule has 158 valence electrons. The van der Waals surface area contributed by atoms with Crippen molar-refractivity contribution < 1.29 is 9.50 Å². The van der Waals surface area contributed by atoms with E-state index in [1.165, 1.54) is 12.1 Å². The fourth-order valence-corrected chi connectivity index (χ4v) is 3.77. The van der Waals surface area contributed by atoms with E-state index in [4.69, 9.17) is 0 Å². The highest BCUT2D eigenvalue weighted by atomic mass is 19.1. The van der Waals surface area contributed by atoms with Crippen LogP contribution < -0.4 is 5.56 Å². The Morgan fingerprint density at radius 3 is 2.35 bits per heavy atom. The zero-order valence-corrected chi connectivity index (χ0v) is 17.5. The first-order chi connectivity index (χ1) is 14.9. The third kappa shape index (κ3) is 4.64. The van der Waals surface area contributed by atoms with Crippen LogP contribution in [0.5, 0.6) is 0 Å². The Balaban J connectivity index is 1.64. The van der Waals surface area contributed by atoms with Gasteiger partial charge in [-0.1, -0.05) is 24.3 Å². The van der Waals surface area contributed by atoms with Gasteiger partial charge in [-0.3, -0.25) is 4.79 Å². The zero-order valence-electron chi connectivity index (χ0n) is 17.5. The molecule has 0 spiro atoms. The zero-order chi connectivity index (χ0) is 22.0. The number of halogens is 1. The first-order valence-corrected chi connectivity index (χ1v) is 10.1. The first-order valence-electron chi connectivity index (χ1n) is 10.1. The number of hydrogen-bond donors (Lipinski definition) is 1. The van der Waals surface area contributed by atoms with Crippen molar-refractivity contribution in [1.82, 2.24) is 14.1 Å². The molecule has 6 heteroatoms. The predicted octanol–water partition coefficient (Wildman–Crippen LogP) is 3.92. The van der Waals surface area contributed by atoms with Crippen molar-refractivity contribution in [2.24, 2.45) is 0 Å². The van der Waals surface area contributed by atoms with Gasteiger partial charge in [0.2, 0.25) is 0 Å². The Hall–Kier alpha value is -3.51. The van der Waals surface area contributed by atoms with Gasteiger partial charge in [-0.05, 0) is 60.4 Å². The highest BCUT2D eigenvalue weighted by Gasteiger charge is 2.10. The van der Waals surface area contributed by atoms with Gasteiger partial charge in [0.1, 0.15) is 5.82 Å². The Kier molecular flexibility index (Phi) is 5.82. The van der Waals surface area contributed by atoms with E-state index in [-0.39, 0.29) is 18.0 Å². The minimum absolute atomic E-state index is 0.117. The third-order valence-electron chi connectivity index (χ3n) is 5.31. The fraction of sp³-hybridized carbons (Fsp3) is 0.200. The summed E-state index contributed by atoms with van der Waals surface area (Å²) in [5, 5.41) is 9.68. The van der Waals surface area contributed by atoms with Gasteiger partial charge in [-0.2, -0.15) is 0 Å². The number of pyridine rings is 1. The molecule has 0 aliphatic carbocycles. The summed E-state index contributed by atoms with van der Waals surface area (Å²) in [4.78, 5) is 17.4. The van der Waals surface area contributed by atoms with Crippen LogP contribution in [0.4, 0.5) is 4.39 Å². The van der Waals surface area contributed by atoms with E-state index in [0.29, 0.717) is 24.1 Å². The number of aromatic nitrogens is 3. The summed E-state index contributed by atoms with van der Waals surface area (Å²) in [6.07, 6.45) is 5.88. The molecule has 31 heavy (non-hydrogen) atoms. The van der Waals surface area contributed by atoms with Crippen molar-refractivity contribution in [2.45, 2.75) is 33.4 Å². The van der Waals surface area contributed by atoms with E-state index >= 15 is 0 Å². The number of aliphatic hydroxyl groups excluding tert-OH is 1. The van der Waals surface area contributed by atoms with Gasteiger partial charge in [0.05, 0.1) is 25.2 Å². The monoisotopic (exact) mass is 417 g/mol. The number of aliphatic hydroxyl groups is 1. The number of benzene rings is 2. The van der Waals surface area contributed by atoms with Crippen LogP contribution in [0.25, 0.3) is 5.69 Å². The van der Waals surface area contributed by atoms with E-state index in [9.17, 15) is 14.3 Å². The van der Waals surface area contributed by atoms with Crippen LogP contribution in [-0.2, 0) is 19.6 Å². The molecule has 0 aliphatic rings. The van der Waals surface area contributed by atoms with E-state index in [0.717, 1.165) is 28.1 Å². The van der Waals surface area contributed by atoms with E-state index in [1.807, 2.05) is 36.7 Å². The van der Waals surface area contributed by atoms with Crippen LogP contribution in [0.3, 0.4) is 0 Å². The summed E-state index contributed by atoms with van der Waals surface area (Å²) in [7, 11) is 0. The molecule has 4 rings (SSSR count). The molecule has 0 aliphatic heterocycles. The largest absolute Gasteiger partial charge is 0.392 e. The standard InChI is InChI=1S/C25H24FN3O2/c1-17-9-20(5-8-24(17)29-12-18(2)27-16-29)10-22-11-21(15-30)14-28(25(22)31)13-19-3-6-23(26)7-4-19/h3-9,11-12,14,16,30H,10,13,15H2,1-2H3. The molecule has 5 nitrogen and oxygen atoms in total. The third-order valence-corrected chi connectivity index (χ3v) is 5.31. The molecule has 2 aromatic heterocycles. The number of nitrogens with zero attached hydrogens (tertiary/aromatic N) is 3. The lowest BCUT2D eigenvalue weighted by atomic mass is 10.0. The van der Waals surface area contributed by atoms with Gasteiger partial charge < -0.3 is 14.2 Å². The molecule has 1 N–H and O–H groups in total. The van der Waals surface area contributed by atoms with E-state index < -0.39 is 0 Å². The molecule has 0 atom stereocenters. The van der Waals surface area contributed by atoms with Crippen LogP contribution in [0.15, 0.2) is 72.0 Å². The Labute approximate surface area is 180 Å². The highest BCUT2D eigenvalue weighted by Crippen LogP contribution is 2.18. The summed E-state index contributed by atoms with van der Waals surface area (Å²) < 4.78 is 16.7. The molecule has 4 aromatic rings. The first kappa shape index (κ1) is 20.8. The smallest absolute Gasteiger partial charge is 0.254 e. The maximum absolute atomic E-state index is 13.2. The molecule has 0 saturated heterocycles. The van der Waals surface area contributed by atoms with Crippen molar-refractivity contribution in [3.63, 3.8) is 0 Å². The second-order valence-corrected chi connectivity index (χ2v) is 7.81. The van der Waals surface area contributed by atoms with E-state index in [1.54, 1.807) is 35.3 Å². The van der Waals surface area contributed by atoms with E-state index in [2.05, 4.69) is 11.1 Å². The lowest BCUT2D eigenvalue weighted by Gasteiger charge is -2.13. The molecular weight excluding hydrogens is 393 g/mol. The summed E-state index contributed by atoms with van der Waals surface area (Å²) in [6, 6.07) is 13.9. The molecule has 0 radical (unpaired) electrons. The fourth-order valence-electron chi connectivity index (χ4n) is 3.77. The highest BCUT2D eigenvalue weighted by molar-refractivity contribution is 5.44. The SMILES string of the molecule is Cc1cn(-c2ccc(Cc3cc(CO)cn(Cc4ccc(F)cc4)c3=O)cc2C)cn1. The lowest BCUT2D eigenvalue weighted by Crippen LogP contribution is -2.25. The van der Waals surface area contributed by atoms with Gasteiger partial charge in [-0.15, -0.1) is 0 Å². The summed E-state index contributed by atoms with van der Waals surface area (Å²) in [5.74, 6) is -0.314. The average molecular weight is 417 g/mol. The maximum Gasteiger partial charge on any atom is 0.254 e. The minimum atomic E-state index is -0.314. The van der Waals surface area contributed by atoms with Crippen molar-refractivity contribution in [2.75, 3.05) is 0 Å². The molecule has 0 fully saturated rings. The van der Waals surface area contributed by atoms with Crippen molar-refractivity contribution in [3.05, 3.63) is 117 Å². The van der Waals surface area contributed by atoms with Crippen LogP contribution in [0, 0.1) is 19.7 Å². The number of aryl methyl sites for hydroxylation is 2. The minimum Gasteiger partial charge on any atom is -0.392 e. The quantitative estimate of drug-likeness (QED) is 0.517. The number of rotatable bonds is 6. The predicted molar refractivity (Wildman–Crippen MR) is 118 cm³/mol. The second-order valence-electron chi connectivity index (χ2n) is 7.81. The number of imidazole rings is 1. The number of hydrogen-bond acceptors (Lipinski definition) is 3. The van der Waals surface area contributed by atoms with Gasteiger partial charge in [0.25, 0.3) is 5.56 Å². The molecule has 2 heterocycles. The van der Waals surface area contributed by atoms with Crippen LogP contribution in [-0.4, -0.2) is 19.2 Å². The molecular formula is C25H24FN3O2. The Morgan fingerprint density at radius 2 is 1.71 bits per heavy atom. The molecule has 2 aromatic carbocycles. The molecule has 0 saturated carbocycles. The van der Waals surface area contributed by atoms with Crippen molar-refractivity contribution in [1.29, 1.82) is 0 Å². The molecule has 0 bridgehead atoms. The van der Waals surface area contributed by atoms with Gasteiger partial charge in [0.15, 0.2) is 0 Å². The molecule has 0 unspecified atom stereocenters. The Morgan fingerprint density at radius 1 is 0.968 bits per heavy atom.